The van der Waals surface area contributed by atoms with E-state index in [0.717, 1.165) is 11.1 Å². The molecule has 0 unspecified atom stereocenters. The summed E-state index contributed by atoms with van der Waals surface area (Å²) in [6, 6.07) is 14.1. The standard InChI is InChI=1S/C31H41Cl2N3O5S/c1-4-25(20-35(3)42(40,41)26-13-14-26)36-29(21-9-11-23(32)12-10-21)27(22-7-5-8-24(33)17-22)18-31(2,30(36)39)19-28(38)34-15-6-16-37/h5,7-12,17,25-27,29,37H,4,6,13-16,18-20H2,1-3H3,(H,34,38)/t25-,27+,29+,31-/m0/s1. The van der Waals surface area contributed by atoms with Crippen LogP contribution >= 0.6 is 23.2 Å². The number of benzene rings is 2. The Kier molecular flexibility index (Phi) is 10.6. The molecule has 1 aliphatic heterocycles. The van der Waals surface area contributed by atoms with E-state index in [0.29, 0.717) is 48.7 Å². The largest absolute Gasteiger partial charge is 0.396 e. The van der Waals surface area contributed by atoms with Crippen LogP contribution in [0.1, 0.15) is 75.5 Å². The van der Waals surface area contributed by atoms with Gasteiger partial charge in [-0.3, -0.25) is 9.59 Å². The minimum Gasteiger partial charge on any atom is -0.396 e. The van der Waals surface area contributed by atoms with Crippen LogP contribution in [0.15, 0.2) is 48.5 Å². The molecule has 0 spiro atoms. The lowest BCUT2D eigenvalue weighted by molar-refractivity contribution is -0.157. The molecule has 230 valence electrons. The van der Waals surface area contributed by atoms with Crippen molar-refractivity contribution in [1.82, 2.24) is 14.5 Å². The minimum atomic E-state index is -3.47. The zero-order valence-electron chi connectivity index (χ0n) is 24.4. The summed E-state index contributed by atoms with van der Waals surface area (Å²) in [6.45, 7) is 4.19. The van der Waals surface area contributed by atoms with E-state index in [1.165, 1.54) is 4.31 Å². The zero-order valence-corrected chi connectivity index (χ0v) is 26.8. The summed E-state index contributed by atoms with van der Waals surface area (Å²) < 4.78 is 27.7. The minimum absolute atomic E-state index is 0.0369. The van der Waals surface area contributed by atoms with Gasteiger partial charge < -0.3 is 15.3 Å². The summed E-state index contributed by atoms with van der Waals surface area (Å²) in [4.78, 5) is 29.6. The van der Waals surface area contributed by atoms with Crippen LogP contribution in [0, 0.1) is 5.41 Å². The molecule has 1 saturated heterocycles. The first-order valence-corrected chi connectivity index (χ1v) is 16.8. The van der Waals surface area contributed by atoms with Gasteiger partial charge in [0.25, 0.3) is 0 Å². The van der Waals surface area contributed by atoms with Gasteiger partial charge in [-0.25, -0.2) is 12.7 Å². The fraction of sp³-hybridized carbons (Fsp3) is 0.548. The molecule has 42 heavy (non-hydrogen) atoms. The molecule has 2 aromatic carbocycles. The van der Waals surface area contributed by atoms with Gasteiger partial charge in [-0.05, 0) is 67.5 Å². The Balaban J connectivity index is 1.81. The number of amides is 2. The van der Waals surface area contributed by atoms with Gasteiger partial charge in [0, 0.05) is 55.2 Å². The maximum absolute atomic E-state index is 14.7. The number of hydrogen-bond donors (Lipinski definition) is 2. The molecule has 1 heterocycles. The lowest BCUT2D eigenvalue weighted by atomic mass is 9.67. The molecule has 1 aliphatic carbocycles. The van der Waals surface area contributed by atoms with Crippen LogP contribution in [0.5, 0.6) is 0 Å². The maximum atomic E-state index is 14.7. The van der Waals surface area contributed by atoms with E-state index >= 15 is 0 Å². The zero-order chi connectivity index (χ0) is 30.7. The number of nitrogens with zero attached hydrogens (tertiary/aromatic N) is 2. The highest BCUT2D eigenvalue weighted by molar-refractivity contribution is 7.90. The van der Waals surface area contributed by atoms with Gasteiger partial charge in [-0.2, -0.15) is 0 Å². The highest BCUT2D eigenvalue weighted by Gasteiger charge is 2.52. The van der Waals surface area contributed by atoms with Crippen LogP contribution in [-0.4, -0.2) is 72.6 Å². The van der Waals surface area contributed by atoms with Gasteiger partial charge in [0.2, 0.25) is 21.8 Å². The average Bonchev–Trinajstić information content (AvgIpc) is 3.80. The van der Waals surface area contributed by atoms with E-state index in [1.54, 1.807) is 25.2 Å². The smallest absolute Gasteiger partial charge is 0.229 e. The second-order valence-electron chi connectivity index (χ2n) is 11.8. The van der Waals surface area contributed by atoms with E-state index in [1.807, 2.05) is 49.1 Å². The van der Waals surface area contributed by atoms with Crippen molar-refractivity contribution in [2.75, 3.05) is 26.7 Å². The monoisotopic (exact) mass is 637 g/mol. The van der Waals surface area contributed by atoms with Gasteiger partial charge in [0.05, 0.1) is 16.7 Å². The number of sulfonamides is 1. The van der Waals surface area contributed by atoms with Crippen LogP contribution in [-0.2, 0) is 19.6 Å². The number of nitrogens with one attached hydrogen (secondary N) is 1. The molecule has 2 aliphatic rings. The first-order chi connectivity index (χ1) is 19.9. The van der Waals surface area contributed by atoms with E-state index in [-0.39, 0.29) is 42.6 Å². The summed E-state index contributed by atoms with van der Waals surface area (Å²) in [5, 5.41) is 12.7. The van der Waals surface area contributed by atoms with E-state index < -0.39 is 27.5 Å². The third-order valence-electron chi connectivity index (χ3n) is 8.51. The normalized spacial score (nSPS) is 23.7. The van der Waals surface area contributed by atoms with Crippen LogP contribution in [0.25, 0.3) is 0 Å². The highest BCUT2D eigenvalue weighted by atomic mass is 35.5. The van der Waals surface area contributed by atoms with Crippen molar-refractivity contribution in [3.8, 4) is 0 Å². The Bertz CT molecular complexity index is 1370. The van der Waals surface area contributed by atoms with Crippen molar-refractivity contribution in [3.05, 3.63) is 69.7 Å². The van der Waals surface area contributed by atoms with E-state index in [9.17, 15) is 18.0 Å². The summed E-state index contributed by atoms with van der Waals surface area (Å²) >= 11 is 12.7. The lowest BCUT2D eigenvalue weighted by Crippen LogP contribution is -2.58. The molecule has 2 N–H and O–H groups in total. The van der Waals surface area contributed by atoms with Gasteiger partial charge in [-0.15, -0.1) is 0 Å². The number of aliphatic hydroxyl groups is 1. The SMILES string of the molecule is CC[C@@H](CN(C)S(=O)(=O)C1CC1)N1C(=O)[C@](C)(CC(=O)NCCCO)C[C@H](c2cccc(Cl)c2)[C@H]1c1ccc(Cl)cc1. The first kappa shape index (κ1) is 32.7. The molecule has 4 atom stereocenters. The third-order valence-corrected chi connectivity index (χ3v) is 11.3. The van der Waals surface area contributed by atoms with Crippen LogP contribution in [0.3, 0.4) is 0 Å². The van der Waals surface area contributed by atoms with Crippen molar-refractivity contribution < 1.29 is 23.1 Å². The molecule has 4 rings (SSSR count). The molecule has 0 radical (unpaired) electrons. The maximum Gasteiger partial charge on any atom is 0.229 e. The Labute approximate surface area is 259 Å². The van der Waals surface area contributed by atoms with E-state index in [2.05, 4.69) is 5.32 Å². The molecule has 0 bridgehead atoms. The number of rotatable bonds is 13. The molecular weight excluding hydrogens is 597 g/mol. The van der Waals surface area contributed by atoms with Crippen molar-refractivity contribution >= 4 is 45.0 Å². The molecule has 8 nitrogen and oxygen atoms in total. The van der Waals surface area contributed by atoms with Crippen molar-refractivity contribution in [2.24, 2.45) is 5.41 Å². The number of carbonyl (C=O) groups excluding carboxylic acids is 2. The van der Waals surface area contributed by atoms with Crippen molar-refractivity contribution in [2.45, 2.75) is 75.6 Å². The van der Waals surface area contributed by atoms with Crippen LogP contribution in [0.4, 0.5) is 0 Å². The molecular formula is C31H41Cl2N3O5S. The molecule has 11 heteroatoms. The van der Waals surface area contributed by atoms with Gasteiger partial charge in [0.1, 0.15) is 0 Å². The fourth-order valence-corrected chi connectivity index (χ4v) is 8.05. The van der Waals surface area contributed by atoms with Gasteiger partial charge in [-0.1, -0.05) is 61.3 Å². The van der Waals surface area contributed by atoms with Crippen molar-refractivity contribution in [1.29, 1.82) is 0 Å². The Morgan fingerprint density at radius 3 is 2.43 bits per heavy atom. The second-order valence-corrected chi connectivity index (χ2v) is 15.0. The second kappa shape index (κ2) is 13.6. The molecule has 0 aromatic heterocycles. The van der Waals surface area contributed by atoms with E-state index in [4.69, 9.17) is 28.3 Å². The topological polar surface area (TPSA) is 107 Å². The number of carbonyl (C=O) groups is 2. The number of hydrogen-bond acceptors (Lipinski definition) is 5. The predicted octanol–water partition coefficient (Wildman–Crippen LogP) is 5.15. The van der Waals surface area contributed by atoms with Gasteiger partial charge in [0.15, 0.2) is 0 Å². The summed E-state index contributed by atoms with van der Waals surface area (Å²) in [5.74, 6) is -0.699. The summed E-state index contributed by atoms with van der Waals surface area (Å²) in [5.41, 5.74) is 0.736. The Morgan fingerprint density at radius 2 is 1.83 bits per heavy atom. The first-order valence-electron chi connectivity index (χ1n) is 14.6. The third kappa shape index (κ3) is 7.30. The summed E-state index contributed by atoms with van der Waals surface area (Å²) in [7, 11) is -1.88. The number of piperidine rings is 1. The average molecular weight is 639 g/mol. The molecule has 2 fully saturated rings. The molecule has 1 saturated carbocycles. The number of likely N-dealkylation sites (tertiary alicyclic amines) is 1. The van der Waals surface area contributed by atoms with Crippen LogP contribution in [0.2, 0.25) is 10.0 Å². The number of likely N-dealkylation sites (N-methyl/N-ethyl adjacent to an activating group) is 1. The summed E-state index contributed by atoms with van der Waals surface area (Å²) in [6.07, 6.45) is 2.59. The Morgan fingerprint density at radius 1 is 1.14 bits per heavy atom. The number of aliphatic hydroxyl groups excluding tert-OH is 1. The van der Waals surface area contributed by atoms with Crippen molar-refractivity contribution in [3.63, 3.8) is 0 Å². The Hall–Kier alpha value is -2.17. The molecule has 2 aromatic rings. The molecule has 2 amide bonds. The van der Waals surface area contributed by atoms with Gasteiger partial charge >= 0.3 is 0 Å². The predicted molar refractivity (Wildman–Crippen MR) is 166 cm³/mol. The highest BCUT2D eigenvalue weighted by Crippen LogP contribution is 2.52. The van der Waals surface area contributed by atoms with Crippen LogP contribution < -0.4 is 5.32 Å². The fourth-order valence-electron chi connectivity index (χ4n) is 6.11. The lowest BCUT2D eigenvalue weighted by Gasteiger charge is -2.52. The quantitative estimate of drug-likeness (QED) is 0.296. The number of halogens is 2.